The first-order valence-corrected chi connectivity index (χ1v) is 9.70. The summed E-state index contributed by atoms with van der Waals surface area (Å²) in [5.41, 5.74) is 2.97. The van der Waals surface area contributed by atoms with Gasteiger partial charge in [0.05, 0.1) is 0 Å². The largest absolute Gasteiger partial charge is 0.309 e. The molecule has 134 valence electrons. The highest BCUT2D eigenvalue weighted by molar-refractivity contribution is 5.19. The number of piperidine rings is 1. The van der Waals surface area contributed by atoms with E-state index in [1.165, 1.54) is 49.9 Å². The van der Waals surface area contributed by atoms with Gasteiger partial charge in [-0.25, -0.2) is 0 Å². The van der Waals surface area contributed by atoms with Gasteiger partial charge in [-0.05, 0) is 76.5 Å². The van der Waals surface area contributed by atoms with Crippen molar-refractivity contribution in [1.29, 1.82) is 0 Å². The molecule has 1 fully saturated rings. The van der Waals surface area contributed by atoms with E-state index in [1.54, 1.807) is 0 Å². The van der Waals surface area contributed by atoms with Crippen LogP contribution in [0.2, 0.25) is 0 Å². The number of rotatable bonds is 7. The van der Waals surface area contributed by atoms with Crippen molar-refractivity contribution in [3.05, 3.63) is 71.8 Å². The maximum Gasteiger partial charge on any atom is 0.0360 e. The molecule has 0 amide bonds. The number of nitrogens with zero attached hydrogens (tertiary/aromatic N) is 2. The van der Waals surface area contributed by atoms with Gasteiger partial charge in [0.2, 0.25) is 0 Å². The Morgan fingerprint density at radius 3 is 2.12 bits per heavy atom. The summed E-state index contributed by atoms with van der Waals surface area (Å²) in [5, 5.41) is 0. The van der Waals surface area contributed by atoms with Gasteiger partial charge in [0.25, 0.3) is 0 Å². The molecule has 1 unspecified atom stereocenters. The van der Waals surface area contributed by atoms with E-state index in [0.29, 0.717) is 6.04 Å². The van der Waals surface area contributed by atoms with E-state index >= 15 is 0 Å². The Hall–Kier alpha value is -1.64. The quantitative estimate of drug-likeness (QED) is 0.727. The molecule has 0 aromatic heterocycles. The molecule has 0 bridgehead atoms. The van der Waals surface area contributed by atoms with E-state index < -0.39 is 0 Å². The van der Waals surface area contributed by atoms with E-state index in [1.807, 2.05) is 0 Å². The zero-order chi connectivity index (χ0) is 17.5. The summed E-state index contributed by atoms with van der Waals surface area (Å²) in [7, 11) is 4.35. The lowest BCUT2D eigenvalue weighted by Gasteiger charge is -2.38. The van der Waals surface area contributed by atoms with E-state index in [-0.39, 0.29) is 0 Å². The molecule has 2 heteroatoms. The van der Waals surface area contributed by atoms with Gasteiger partial charge in [-0.15, -0.1) is 0 Å². The van der Waals surface area contributed by atoms with Gasteiger partial charge in [-0.2, -0.15) is 0 Å². The number of benzene rings is 2. The molecule has 0 N–H and O–H groups in total. The van der Waals surface area contributed by atoms with Crippen molar-refractivity contribution in [2.24, 2.45) is 5.92 Å². The fraction of sp³-hybridized carbons (Fsp3) is 0.478. The van der Waals surface area contributed by atoms with Gasteiger partial charge < -0.3 is 4.90 Å². The van der Waals surface area contributed by atoms with Crippen molar-refractivity contribution < 1.29 is 0 Å². The zero-order valence-electron chi connectivity index (χ0n) is 15.8. The van der Waals surface area contributed by atoms with Crippen LogP contribution in [0.25, 0.3) is 0 Å². The standard InChI is InChI=1S/C23H32N2/c1-24(2)16-15-23(22-11-7-4-8-12-22)25-17-13-21(14-18-25)19-20-9-5-3-6-10-20/h3-12,21,23H,13-19H2,1-2H3. The lowest BCUT2D eigenvalue weighted by atomic mass is 9.88. The third-order valence-electron chi connectivity index (χ3n) is 5.49. The van der Waals surface area contributed by atoms with Crippen molar-refractivity contribution in [3.63, 3.8) is 0 Å². The third kappa shape index (κ3) is 5.42. The Morgan fingerprint density at radius 2 is 1.52 bits per heavy atom. The molecule has 0 radical (unpaired) electrons. The molecule has 1 heterocycles. The Bertz CT molecular complexity index is 601. The summed E-state index contributed by atoms with van der Waals surface area (Å²) in [5.74, 6) is 0.837. The molecule has 25 heavy (non-hydrogen) atoms. The fourth-order valence-corrected chi connectivity index (χ4v) is 4.03. The van der Waals surface area contributed by atoms with E-state index in [4.69, 9.17) is 0 Å². The molecule has 1 atom stereocenters. The van der Waals surface area contributed by atoms with Crippen molar-refractivity contribution in [2.45, 2.75) is 31.7 Å². The number of hydrogen-bond acceptors (Lipinski definition) is 2. The summed E-state index contributed by atoms with van der Waals surface area (Å²) < 4.78 is 0. The second kappa shape index (κ2) is 9.17. The minimum absolute atomic E-state index is 0.557. The highest BCUT2D eigenvalue weighted by Crippen LogP contribution is 2.30. The van der Waals surface area contributed by atoms with Crippen molar-refractivity contribution in [1.82, 2.24) is 9.80 Å². The number of hydrogen-bond donors (Lipinski definition) is 0. The molecule has 2 aromatic rings. The van der Waals surface area contributed by atoms with Crippen LogP contribution < -0.4 is 0 Å². The first-order valence-electron chi connectivity index (χ1n) is 9.70. The van der Waals surface area contributed by atoms with Gasteiger partial charge >= 0.3 is 0 Å². The van der Waals surface area contributed by atoms with Crippen LogP contribution in [0.5, 0.6) is 0 Å². The van der Waals surface area contributed by atoms with Crippen LogP contribution in [-0.2, 0) is 6.42 Å². The molecular weight excluding hydrogens is 304 g/mol. The maximum absolute atomic E-state index is 2.72. The van der Waals surface area contributed by atoms with Crippen molar-refractivity contribution >= 4 is 0 Å². The van der Waals surface area contributed by atoms with E-state index in [0.717, 1.165) is 12.5 Å². The van der Waals surface area contributed by atoms with Crippen LogP contribution in [0.15, 0.2) is 60.7 Å². The summed E-state index contributed by atoms with van der Waals surface area (Å²) in [6.45, 7) is 3.60. The first kappa shape index (κ1) is 18.2. The lowest BCUT2D eigenvalue weighted by molar-refractivity contribution is 0.120. The number of likely N-dealkylation sites (tertiary alicyclic amines) is 1. The topological polar surface area (TPSA) is 6.48 Å². The van der Waals surface area contributed by atoms with Crippen LogP contribution in [-0.4, -0.2) is 43.5 Å². The van der Waals surface area contributed by atoms with Crippen LogP contribution in [0.1, 0.15) is 36.4 Å². The summed E-state index contributed by atoms with van der Waals surface area (Å²) in [4.78, 5) is 5.03. The molecular formula is C23H32N2. The predicted octanol–water partition coefficient (Wildman–Crippen LogP) is 4.63. The average molecular weight is 337 g/mol. The van der Waals surface area contributed by atoms with E-state index in [2.05, 4.69) is 84.6 Å². The zero-order valence-corrected chi connectivity index (χ0v) is 15.8. The van der Waals surface area contributed by atoms with Gasteiger partial charge in [0.1, 0.15) is 0 Å². The molecule has 0 saturated carbocycles. The molecule has 1 aliphatic heterocycles. The molecule has 0 aliphatic carbocycles. The van der Waals surface area contributed by atoms with Crippen LogP contribution in [0.4, 0.5) is 0 Å². The highest BCUT2D eigenvalue weighted by atomic mass is 15.2. The Labute approximate surface area is 153 Å². The van der Waals surface area contributed by atoms with Crippen LogP contribution in [0.3, 0.4) is 0 Å². The molecule has 1 saturated heterocycles. The highest BCUT2D eigenvalue weighted by Gasteiger charge is 2.26. The van der Waals surface area contributed by atoms with Gasteiger partial charge in [0.15, 0.2) is 0 Å². The van der Waals surface area contributed by atoms with Crippen molar-refractivity contribution in [2.75, 3.05) is 33.7 Å². The van der Waals surface area contributed by atoms with Crippen molar-refractivity contribution in [3.8, 4) is 0 Å². The SMILES string of the molecule is CN(C)CCC(c1ccccc1)N1CCC(Cc2ccccc2)CC1. The van der Waals surface area contributed by atoms with Gasteiger partial charge in [-0.3, -0.25) is 4.90 Å². The van der Waals surface area contributed by atoms with Gasteiger partial charge in [0, 0.05) is 6.04 Å². The maximum atomic E-state index is 2.72. The molecule has 0 spiro atoms. The Morgan fingerprint density at radius 1 is 0.920 bits per heavy atom. The predicted molar refractivity (Wildman–Crippen MR) is 107 cm³/mol. The van der Waals surface area contributed by atoms with Gasteiger partial charge in [-0.1, -0.05) is 60.7 Å². The summed E-state index contributed by atoms with van der Waals surface area (Å²) in [6, 6.07) is 22.6. The summed E-state index contributed by atoms with van der Waals surface area (Å²) >= 11 is 0. The van der Waals surface area contributed by atoms with E-state index in [9.17, 15) is 0 Å². The lowest BCUT2D eigenvalue weighted by Crippen LogP contribution is -2.38. The fourth-order valence-electron chi connectivity index (χ4n) is 4.03. The third-order valence-corrected chi connectivity index (χ3v) is 5.49. The summed E-state index contributed by atoms with van der Waals surface area (Å²) in [6.07, 6.45) is 5.09. The average Bonchev–Trinajstić information content (AvgIpc) is 2.65. The smallest absolute Gasteiger partial charge is 0.0360 e. The minimum Gasteiger partial charge on any atom is -0.309 e. The Balaban J connectivity index is 1.59. The Kier molecular flexibility index (Phi) is 6.66. The molecule has 2 nitrogen and oxygen atoms in total. The molecule has 3 rings (SSSR count). The second-order valence-electron chi connectivity index (χ2n) is 7.69. The monoisotopic (exact) mass is 336 g/mol. The second-order valence-corrected chi connectivity index (χ2v) is 7.69. The normalized spacial score (nSPS) is 17.7. The molecule has 1 aliphatic rings. The minimum atomic E-state index is 0.557. The first-order chi connectivity index (χ1) is 12.2. The van der Waals surface area contributed by atoms with Crippen LogP contribution in [0, 0.1) is 5.92 Å². The molecule has 2 aromatic carbocycles. The van der Waals surface area contributed by atoms with Crippen LogP contribution >= 0.6 is 0 Å².